The van der Waals surface area contributed by atoms with Gasteiger partial charge in [0, 0.05) is 18.3 Å². The summed E-state index contributed by atoms with van der Waals surface area (Å²) >= 11 is 0. The molecule has 0 saturated heterocycles. The third-order valence-electron chi connectivity index (χ3n) is 5.03. The highest BCUT2D eigenvalue weighted by Crippen LogP contribution is 2.38. The normalized spacial score (nSPS) is 14.4. The lowest BCUT2D eigenvalue weighted by Crippen LogP contribution is -2.24. The van der Waals surface area contributed by atoms with E-state index in [0.29, 0.717) is 5.41 Å². The minimum absolute atomic E-state index is 0.311. The van der Waals surface area contributed by atoms with Crippen LogP contribution in [0.2, 0.25) is 0 Å². The first kappa shape index (κ1) is 18.3. The van der Waals surface area contributed by atoms with Crippen LogP contribution in [0.3, 0.4) is 0 Å². The highest BCUT2D eigenvalue weighted by Gasteiger charge is 2.31. The van der Waals surface area contributed by atoms with Crippen molar-refractivity contribution in [3.63, 3.8) is 0 Å². The van der Waals surface area contributed by atoms with Crippen LogP contribution in [-0.2, 0) is 12.5 Å². The summed E-state index contributed by atoms with van der Waals surface area (Å²) in [5.41, 5.74) is 4.44. The van der Waals surface area contributed by atoms with Gasteiger partial charge >= 0.3 is 0 Å². The maximum Gasteiger partial charge on any atom is 0.0633 e. The molecule has 2 heteroatoms. The second kappa shape index (κ2) is 8.60. The lowest BCUT2D eigenvalue weighted by molar-refractivity contribution is 0.362. The van der Waals surface area contributed by atoms with Gasteiger partial charge in [-0.05, 0) is 32.1 Å². The number of aromatic nitrogens is 2. The van der Waals surface area contributed by atoms with Gasteiger partial charge in [0.25, 0.3) is 0 Å². The molecule has 0 aliphatic heterocycles. The van der Waals surface area contributed by atoms with Crippen LogP contribution >= 0.6 is 0 Å². The molecule has 0 amide bonds. The first-order valence-electron chi connectivity index (χ1n) is 8.97. The molecule has 1 atom stereocenters. The van der Waals surface area contributed by atoms with E-state index in [4.69, 9.17) is 0 Å². The van der Waals surface area contributed by atoms with Crippen LogP contribution in [0.1, 0.15) is 95.5 Å². The Balaban J connectivity index is 2.88. The molecule has 21 heavy (non-hydrogen) atoms. The average molecular weight is 293 g/mol. The Bertz CT molecular complexity index is 419. The topological polar surface area (TPSA) is 17.8 Å². The van der Waals surface area contributed by atoms with Crippen molar-refractivity contribution in [2.45, 2.75) is 97.8 Å². The summed E-state index contributed by atoms with van der Waals surface area (Å²) < 4.78 is 2.06. The minimum atomic E-state index is 0.311. The second-order valence-corrected chi connectivity index (χ2v) is 7.00. The van der Waals surface area contributed by atoms with Crippen molar-refractivity contribution in [1.29, 1.82) is 0 Å². The van der Waals surface area contributed by atoms with Gasteiger partial charge in [-0.2, -0.15) is 5.10 Å². The van der Waals surface area contributed by atoms with Crippen LogP contribution in [0.5, 0.6) is 0 Å². The Kier molecular flexibility index (Phi) is 7.48. The lowest BCUT2D eigenvalue weighted by atomic mass is 9.73. The summed E-state index contributed by atoms with van der Waals surface area (Å²) in [5.74, 6) is 0. The SMILES string of the molecule is CCCCCCC(C)(CCCCC)c1c(C)nn(C)c1C. The molecule has 0 N–H and O–H groups in total. The van der Waals surface area contributed by atoms with E-state index in [1.165, 1.54) is 74.7 Å². The molecule has 0 fully saturated rings. The van der Waals surface area contributed by atoms with E-state index in [2.05, 4.69) is 51.4 Å². The van der Waals surface area contributed by atoms with E-state index in [1.807, 2.05) is 0 Å². The molecule has 1 unspecified atom stereocenters. The minimum Gasteiger partial charge on any atom is -0.272 e. The van der Waals surface area contributed by atoms with Gasteiger partial charge in [0.15, 0.2) is 0 Å². The Labute approximate surface area is 132 Å². The molecule has 1 rings (SSSR count). The fourth-order valence-electron chi connectivity index (χ4n) is 3.73. The van der Waals surface area contributed by atoms with E-state index in [1.54, 1.807) is 0 Å². The van der Waals surface area contributed by atoms with E-state index < -0.39 is 0 Å². The highest BCUT2D eigenvalue weighted by atomic mass is 15.3. The zero-order valence-electron chi connectivity index (χ0n) is 15.3. The molecule has 1 aromatic rings. The standard InChI is InChI=1S/C19H36N2/c1-7-9-11-13-15-19(5,14-12-10-8-2)18-16(3)20-21(6)17(18)4/h7-15H2,1-6H3. The molecule has 122 valence electrons. The van der Waals surface area contributed by atoms with Gasteiger partial charge in [-0.25, -0.2) is 0 Å². The van der Waals surface area contributed by atoms with Gasteiger partial charge < -0.3 is 0 Å². The first-order chi connectivity index (χ1) is 9.96. The molecule has 0 aromatic carbocycles. The molecular weight excluding hydrogens is 256 g/mol. The maximum absolute atomic E-state index is 4.67. The maximum atomic E-state index is 4.67. The monoisotopic (exact) mass is 292 g/mol. The summed E-state index contributed by atoms with van der Waals surface area (Å²) in [5, 5.41) is 4.67. The summed E-state index contributed by atoms with van der Waals surface area (Å²) in [6.45, 7) is 11.5. The molecule has 0 saturated carbocycles. The smallest absolute Gasteiger partial charge is 0.0633 e. The zero-order valence-corrected chi connectivity index (χ0v) is 15.3. The van der Waals surface area contributed by atoms with Crippen molar-refractivity contribution < 1.29 is 0 Å². The van der Waals surface area contributed by atoms with Crippen molar-refractivity contribution in [2.75, 3.05) is 0 Å². The van der Waals surface area contributed by atoms with Crippen LogP contribution < -0.4 is 0 Å². The third-order valence-corrected chi connectivity index (χ3v) is 5.03. The molecule has 0 aliphatic rings. The van der Waals surface area contributed by atoms with Crippen LogP contribution in [0.4, 0.5) is 0 Å². The Hall–Kier alpha value is -0.790. The fraction of sp³-hybridized carbons (Fsp3) is 0.842. The van der Waals surface area contributed by atoms with Gasteiger partial charge in [0.05, 0.1) is 5.69 Å². The van der Waals surface area contributed by atoms with Crippen molar-refractivity contribution in [2.24, 2.45) is 7.05 Å². The predicted octanol–water partition coefficient (Wildman–Crippen LogP) is 5.85. The van der Waals surface area contributed by atoms with Gasteiger partial charge in [0.2, 0.25) is 0 Å². The van der Waals surface area contributed by atoms with E-state index in [-0.39, 0.29) is 0 Å². The molecule has 0 aliphatic carbocycles. The number of rotatable bonds is 10. The third kappa shape index (κ3) is 4.86. The van der Waals surface area contributed by atoms with Crippen LogP contribution in [-0.4, -0.2) is 9.78 Å². The van der Waals surface area contributed by atoms with Crippen molar-refractivity contribution in [1.82, 2.24) is 9.78 Å². The quantitative estimate of drug-likeness (QED) is 0.495. The van der Waals surface area contributed by atoms with E-state index in [0.717, 1.165) is 0 Å². The average Bonchev–Trinajstić information content (AvgIpc) is 2.69. The molecule has 1 aromatic heterocycles. The van der Waals surface area contributed by atoms with Gasteiger partial charge in [-0.1, -0.05) is 65.7 Å². The number of hydrogen-bond donors (Lipinski definition) is 0. The van der Waals surface area contributed by atoms with E-state index >= 15 is 0 Å². The van der Waals surface area contributed by atoms with Crippen molar-refractivity contribution >= 4 is 0 Å². The molecular formula is C19H36N2. The van der Waals surface area contributed by atoms with Gasteiger partial charge in [0.1, 0.15) is 0 Å². The van der Waals surface area contributed by atoms with Crippen LogP contribution in [0.15, 0.2) is 0 Å². The first-order valence-corrected chi connectivity index (χ1v) is 8.97. The molecule has 0 spiro atoms. The highest BCUT2D eigenvalue weighted by molar-refractivity contribution is 5.32. The summed E-state index contributed by atoms with van der Waals surface area (Å²) in [7, 11) is 2.08. The van der Waals surface area contributed by atoms with Gasteiger partial charge in [-0.3, -0.25) is 4.68 Å². The largest absolute Gasteiger partial charge is 0.272 e. The second-order valence-electron chi connectivity index (χ2n) is 7.00. The number of nitrogens with zero attached hydrogens (tertiary/aromatic N) is 2. The number of aryl methyl sites for hydroxylation is 2. The van der Waals surface area contributed by atoms with Crippen LogP contribution in [0, 0.1) is 13.8 Å². The van der Waals surface area contributed by atoms with Gasteiger partial charge in [-0.15, -0.1) is 0 Å². The Morgan fingerprint density at radius 3 is 1.90 bits per heavy atom. The van der Waals surface area contributed by atoms with E-state index in [9.17, 15) is 0 Å². The summed E-state index contributed by atoms with van der Waals surface area (Å²) in [6.07, 6.45) is 12.0. The Morgan fingerprint density at radius 2 is 1.43 bits per heavy atom. The Morgan fingerprint density at radius 1 is 0.905 bits per heavy atom. The number of hydrogen-bond acceptors (Lipinski definition) is 1. The zero-order chi connectivity index (χ0) is 15.9. The molecule has 1 heterocycles. The molecule has 2 nitrogen and oxygen atoms in total. The number of unbranched alkanes of at least 4 members (excludes halogenated alkanes) is 5. The fourth-order valence-corrected chi connectivity index (χ4v) is 3.73. The van der Waals surface area contributed by atoms with Crippen molar-refractivity contribution in [3.8, 4) is 0 Å². The molecule has 0 radical (unpaired) electrons. The predicted molar refractivity (Wildman–Crippen MR) is 92.9 cm³/mol. The summed E-state index contributed by atoms with van der Waals surface area (Å²) in [6, 6.07) is 0. The molecule has 0 bridgehead atoms. The van der Waals surface area contributed by atoms with Crippen LogP contribution in [0.25, 0.3) is 0 Å². The summed E-state index contributed by atoms with van der Waals surface area (Å²) in [4.78, 5) is 0. The van der Waals surface area contributed by atoms with Crippen molar-refractivity contribution in [3.05, 3.63) is 17.0 Å². The lowest BCUT2D eigenvalue weighted by Gasteiger charge is -2.31.